The van der Waals surface area contributed by atoms with Gasteiger partial charge in [-0.3, -0.25) is 4.79 Å². The molecule has 0 saturated carbocycles. The largest absolute Gasteiger partial charge is 0.480 e. The summed E-state index contributed by atoms with van der Waals surface area (Å²) in [6.45, 7) is 1.30. The van der Waals surface area contributed by atoms with Gasteiger partial charge in [0.2, 0.25) is 5.91 Å². The van der Waals surface area contributed by atoms with E-state index >= 15 is 0 Å². The Morgan fingerprint density at radius 1 is 1.50 bits per heavy atom. The van der Waals surface area contributed by atoms with E-state index in [0.29, 0.717) is 0 Å². The molecule has 0 aromatic heterocycles. The minimum atomic E-state index is -1.06. The van der Waals surface area contributed by atoms with E-state index < -0.39 is 12.0 Å². The third-order valence-corrected chi connectivity index (χ3v) is 2.04. The van der Waals surface area contributed by atoms with E-state index in [1.807, 2.05) is 0 Å². The van der Waals surface area contributed by atoms with Crippen molar-refractivity contribution in [3.8, 4) is 0 Å². The van der Waals surface area contributed by atoms with Crippen LogP contribution in [0.5, 0.6) is 0 Å². The molecule has 0 fully saturated rings. The number of carboxylic acids is 1. The molecule has 0 saturated heterocycles. The van der Waals surface area contributed by atoms with Crippen molar-refractivity contribution in [2.24, 2.45) is 0 Å². The molecule has 0 heterocycles. The second kappa shape index (κ2) is 5.31. The molecule has 4 nitrogen and oxygen atoms in total. The Hall–Kier alpha value is -0.360. The van der Waals surface area contributed by atoms with Crippen LogP contribution in [0.25, 0.3) is 0 Å². The Bertz CT molecular complexity index is 166. The lowest BCUT2D eigenvalue weighted by molar-refractivity contribution is -0.147. The van der Waals surface area contributed by atoms with E-state index in [1.54, 1.807) is 0 Å². The Morgan fingerprint density at radius 2 is 2.00 bits per heavy atom. The fourth-order valence-corrected chi connectivity index (χ4v) is 1.48. The Kier molecular flexibility index (Phi) is 5.16. The number of thiol groups is 2. The van der Waals surface area contributed by atoms with Crippen LogP contribution in [0.15, 0.2) is 0 Å². The van der Waals surface area contributed by atoms with Gasteiger partial charge >= 0.3 is 5.97 Å². The van der Waals surface area contributed by atoms with Crippen LogP contribution < -0.4 is 0 Å². The third kappa shape index (κ3) is 2.94. The van der Waals surface area contributed by atoms with Crippen LogP contribution in [0.2, 0.25) is 0 Å². The highest BCUT2D eigenvalue weighted by atomic mass is 32.1. The lowest BCUT2D eigenvalue weighted by atomic mass is 10.3. The number of hydrogen-bond acceptors (Lipinski definition) is 4. The Labute approximate surface area is 81.8 Å². The number of carbonyl (C=O) groups is 2. The highest BCUT2D eigenvalue weighted by molar-refractivity contribution is 7.80. The second-order valence-electron chi connectivity index (χ2n) is 2.17. The fourth-order valence-electron chi connectivity index (χ4n) is 0.728. The molecule has 1 amide bonds. The molecule has 0 aromatic rings. The highest BCUT2D eigenvalue weighted by Crippen LogP contribution is 2.04. The van der Waals surface area contributed by atoms with E-state index in [9.17, 15) is 9.59 Å². The molecule has 1 atom stereocenters. The summed E-state index contributed by atoms with van der Waals surface area (Å²) in [7, 11) is 0. The molecule has 0 aliphatic rings. The topological polar surface area (TPSA) is 57.6 Å². The number of carbonyl (C=O) groups excluding carboxylic acids is 1. The van der Waals surface area contributed by atoms with Crippen molar-refractivity contribution in [1.29, 1.82) is 0 Å². The molecule has 0 rings (SSSR count). The van der Waals surface area contributed by atoms with Crippen LogP contribution in [-0.4, -0.2) is 39.6 Å². The van der Waals surface area contributed by atoms with Crippen LogP contribution >= 0.6 is 25.3 Å². The number of hydrogen-bond donors (Lipinski definition) is 3. The van der Waals surface area contributed by atoms with Crippen LogP contribution in [0, 0.1) is 0 Å². The number of rotatable bonds is 4. The van der Waals surface area contributed by atoms with Crippen molar-refractivity contribution in [2.45, 2.75) is 13.0 Å². The molecule has 0 radical (unpaired) electrons. The monoisotopic (exact) mass is 209 g/mol. The van der Waals surface area contributed by atoms with Crippen LogP contribution in [0.4, 0.5) is 0 Å². The minimum absolute atomic E-state index is 0.0901. The van der Waals surface area contributed by atoms with E-state index in [2.05, 4.69) is 25.3 Å². The van der Waals surface area contributed by atoms with Crippen molar-refractivity contribution in [2.75, 3.05) is 11.6 Å². The molecule has 1 unspecified atom stereocenters. The van der Waals surface area contributed by atoms with Crippen molar-refractivity contribution >= 4 is 37.1 Å². The summed E-state index contributed by atoms with van der Waals surface area (Å²) in [5.74, 6) is -1.19. The first kappa shape index (κ1) is 11.6. The SMILES string of the molecule is CC(=O)N(CS)C(CS)C(=O)O. The zero-order valence-electron chi connectivity index (χ0n) is 6.60. The second-order valence-corrected chi connectivity index (χ2v) is 2.81. The van der Waals surface area contributed by atoms with Gasteiger partial charge in [-0.1, -0.05) is 0 Å². The average molecular weight is 209 g/mol. The first-order valence-corrected chi connectivity index (χ1v) is 4.52. The summed E-state index contributed by atoms with van der Waals surface area (Å²) in [4.78, 5) is 22.6. The summed E-state index contributed by atoms with van der Waals surface area (Å²) in [6, 6.07) is -0.886. The molecule has 0 aliphatic heterocycles. The standard InChI is InChI=1S/C6H11NO3S2/c1-4(8)7(3-12)5(2-11)6(9)10/h5,11-12H,2-3H2,1H3,(H,9,10). The van der Waals surface area contributed by atoms with Gasteiger partial charge in [0.05, 0.1) is 5.88 Å². The molecule has 12 heavy (non-hydrogen) atoms. The maximum Gasteiger partial charge on any atom is 0.327 e. The van der Waals surface area contributed by atoms with E-state index in [-0.39, 0.29) is 17.5 Å². The first-order valence-electron chi connectivity index (χ1n) is 3.26. The molecular formula is C6H11NO3S2. The molecule has 6 heteroatoms. The maximum atomic E-state index is 10.9. The molecule has 0 aromatic carbocycles. The van der Waals surface area contributed by atoms with Gasteiger partial charge in [0.1, 0.15) is 6.04 Å². The van der Waals surface area contributed by atoms with Crippen LogP contribution in [0.3, 0.4) is 0 Å². The Morgan fingerprint density at radius 3 is 2.08 bits per heavy atom. The lowest BCUT2D eigenvalue weighted by Crippen LogP contribution is -2.44. The Balaban J connectivity index is 4.44. The molecule has 70 valence electrons. The van der Waals surface area contributed by atoms with Gasteiger partial charge in [0.15, 0.2) is 0 Å². The van der Waals surface area contributed by atoms with Crippen molar-refractivity contribution < 1.29 is 14.7 Å². The van der Waals surface area contributed by atoms with Gasteiger partial charge in [-0.25, -0.2) is 4.79 Å². The summed E-state index contributed by atoms with van der Waals surface area (Å²) < 4.78 is 0. The summed E-state index contributed by atoms with van der Waals surface area (Å²) in [6.07, 6.45) is 0. The molecular weight excluding hydrogens is 198 g/mol. The lowest BCUT2D eigenvalue weighted by Gasteiger charge is -2.24. The van der Waals surface area contributed by atoms with E-state index in [0.717, 1.165) is 4.90 Å². The normalized spacial score (nSPS) is 12.2. The minimum Gasteiger partial charge on any atom is -0.480 e. The van der Waals surface area contributed by atoms with E-state index in [4.69, 9.17) is 5.11 Å². The van der Waals surface area contributed by atoms with Crippen molar-refractivity contribution in [1.82, 2.24) is 4.90 Å². The maximum absolute atomic E-state index is 10.9. The van der Waals surface area contributed by atoms with Crippen molar-refractivity contribution in [3.63, 3.8) is 0 Å². The number of aliphatic carboxylic acids is 1. The van der Waals surface area contributed by atoms with E-state index in [1.165, 1.54) is 6.92 Å². The third-order valence-electron chi connectivity index (χ3n) is 1.39. The van der Waals surface area contributed by atoms with Crippen molar-refractivity contribution in [3.05, 3.63) is 0 Å². The van der Waals surface area contributed by atoms with Gasteiger partial charge in [-0.05, 0) is 0 Å². The van der Waals surface area contributed by atoms with Gasteiger partial charge in [-0.15, -0.1) is 0 Å². The van der Waals surface area contributed by atoms with Crippen LogP contribution in [-0.2, 0) is 9.59 Å². The number of nitrogens with zero attached hydrogens (tertiary/aromatic N) is 1. The first-order chi connectivity index (χ1) is 5.54. The summed E-state index contributed by atoms with van der Waals surface area (Å²) in [5, 5.41) is 8.65. The molecule has 0 spiro atoms. The fraction of sp³-hybridized carbons (Fsp3) is 0.667. The predicted octanol–water partition coefficient (Wildman–Crippen LogP) is 0.105. The average Bonchev–Trinajstić information content (AvgIpc) is 1.98. The number of carboxylic acid groups (broad SMARTS) is 1. The molecule has 0 bridgehead atoms. The van der Waals surface area contributed by atoms with Gasteiger partial charge < -0.3 is 10.0 Å². The van der Waals surface area contributed by atoms with Crippen LogP contribution in [0.1, 0.15) is 6.92 Å². The smallest absolute Gasteiger partial charge is 0.327 e. The van der Waals surface area contributed by atoms with Gasteiger partial charge in [0.25, 0.3) is 0 Å². The summed E-state index contributed by atoms with van der Waals surface area (Å²) in [5.41, 5.74) is 0. The zero-order valence-corrected chi connectivity index (χ0v) is 8.39. The number of amides is 1. The zero-order chi connectivity index (χ0) is 9.72. The molecule has 0 aliphatic carbocycles. The highest BCUT2D eigenvalue weighted by Gasteiger charge is 2.24. The quantitative estimate of drug-likeness (QED) is 0.455. The predicted molar refractivity (Wildman–Crippen MR) is 51.6 cm³/mol. The van der Waals surface area contributed by atoms with Gasteiger partial charge in [0, 0.05) is 12.7 Å². The molecule has 1 N–H and O–H groups in total. The summed E-state index contributed by atoms with van der Waals surface area (Å²) >= 11 is 7.68. The van der Waals surface area contributed by atoms with Gasteiger partial charge in [-0.2, -0.15) is 25.3 Å².